The monoisotopic (exact) mass is 327 g/mol. The molecule has 1 aliphatic rings. The third-order valence-electron chi connectivity index (χ3n) is 4.05. The third kappa shape index (κ3) is 3.47. The zero-order chi connectivity index (χ0) is 16.3. The lowest BCUT2D eigenvalue weighted by atomic mass is 9.90. The zero-order valence-corrected chi connectivity index (χ0v) is 13.9. The first-order valence-corrected chi connectivity index (χ1v) is 7.72. The Hall–Kier alpha value is -1.46. The van der Waals surface area contributed by atoms with Crippen LogP contribution in [0.25, 0.3) is 0 Å². The second-order valence-corrected chi connectivity index (χ2v) is 6.28. The maximum Gasteiger partial charge on any atom is 0.310 e. The number of benzene rings is 1. The van der Waals surface area contributed by atoms with Crippen molar-refractivity contribution in [3.05, 3.63) is 22.7 Å². The number of methoxy groups -OCH3 is 1. The van der Waals surface area contributed by atoms with Crippen molar-refractivity contribution in [3.63, 3.8) is 0 Å². The lowest BCUT2D eigenvalue weighted by Gasteiger charge is -2.21. The summed E-state index contributed by atoms with van der Waals surface area (Å²) in [5.74, 6) is 0.411. The van der Waals surface area contributed by atoms with Crippen molar-refractivity contribution < 1.29 is 19.4 Å². The van der Waals surface area contributed by atoms with Gasteiger partial charge in [0.25, 0.3) is 0 Å². The Balaban J connectivity index is 2.14. The zero-order valence-electron chi connectivity index (χ0n) is 13.2. The number of hydrogen-bond acceptors (Lipinski definition) is 4. The van der Waals surface area contributed by atoms with Gasteiger partial charge in [-0.15, -0.1) is 0 Å². The summed E-state index contributed by atoms with van der Waals surface area (Å²) in [5.41, 5.74) is 0.319. The van der Waals surface area contributed by atoms with Crippen LogP contribution in [0, 0.1) is 5.41 Å². The fraction of sp³-hybridized carbons (Fsp3) is 0.562. The number of nitrogens with zero attached hydrogens (tertiary/aromatic N) is 1. The summed E-state index contributed by atoms with van der Waals surface area (Å²) in [6.07, 6.45) is 0.657. The first-order valence-electron chi connectivity index (χ1n) is 7.34. The Labute approximate surface area is 135 Å². The van der Waals surface area contributed by atoms with Gasteiger partial charge in [0.2, 0.25) is 0 Å². The molecule has 1 aliphatic heterocycles. The number of carboxylic acid groups (broad SMARTS) is 1. The van der Waals surface area contributed by atoms with Crippen LogP contribution in [-0.4, -0.2) is 42.8 Å². The van der Waals surface area contributed by atoms with Crippen LogP contribution in [0.4, 0.5) is 0 Å². The van der Waals surface area contributed by atoms with E-state index < -0.39 is 11.4 Å². The van der Waals surface area contributed by atoms with Crippen molar-refractivity contribution in [1.29, 1.82) is 0 Å². The Morgan fingerprint density at radius 3 is 2.77 bits per heavy atom. The SMILES string of the molecule is CCOc1c(Cl)cc(CN2CCC(C)(C(=O)O)C2)cc1OC. The summed E-state index contributed by atoms with van der Waals surface area (Å²) in [6.45, 7) is 6.14. The molecule has 6 heteroatoms. The first kappa shape index (κ1) is 16.9. The largest absolute Gasteiger partial charge is 0.493 e. The van der Waals surface area contributed by atoms with Crippen LogP contribution in [0.3, 0.4) is 0 Å². The van der Waals surface area contributed by atoms with Gasteiger partial charge in [0, 0.05) is 13.1 Å². The van der Waals surface area contributed by atoms with E-state index in [0.717, 1.165) is 12.1 Å². The fourth-order valence-corrected chi connectivity index (χ4v) is 3.06. The van der Waals surface area contributed by atoms with E-state index in [1.54, 1.807) is 14.0 Å². The van der Waals surface area contributed by atoms with E-state index in [2.05, 4.69) is 4.90 Å². The molecule has 1 N–H and O–H groups in total. The second kappa shape index (κ2) is 6.75. The fourth-order valence-electron chi connectivity index (χ4n) is 2.77. The summed E-state index contributed by atoms with van der Waals surface area (Å²) in [7, 11) is 1.58. The average Bonchev–Trinajstić information content (AvgIpc) is 2.84. The summed E-state index contributed by atoms with van der Waals surface area (Å²) in [4.78, 5) is 13.4. The number of carboxylic acids is 1. The van der Waals surface area contributed by atoms with Crippen LogP contribution in [0.15, 0.2) is 12.1 Å². The van der Waals surface area contributed by atoms with E-state index in [1.807, 2.05) is 19.1 Å². The molecule has 22 heavy (non-hydrogen) atoms. The molecule has 1 atom stereocenters. The lowest BCUT2D eigenvalue weighted by Crippen LogP contribution is -2.31. The average molecular weight is 328 g/mol. The third-order valence-corrected chi connectivity index (χ3v) is 4.33. The van der Waals surface area contributed by atoms with Gasteiger partial charge in [0.05, 0.1) is 24.2 Å². The predicted octanol–water partition coefficient (Wildman–Crippen LogP) is 3.04. The highest BCUT2D eigenvalue weighted by Gasteiger charge is 2.40. The van der Waals surface area contributed by atoms with Crippen molar-refractivity contribution in [1.82, 2.24) is 4.90 Å². The Morgan fingerprint density at radius 2 is 2.23 bits per heavy atom. The number of hydrogen-bond donors (Lipinski definition) is 1. The molecule has 0 aromatic heterocycles. The Kier molecular flexibility index (Phi) is 5.19. The number of aliphatic carboxylic acids is 1. The molecule has 0 aliphatic carbocycles. The van der Waals surface area contributed by atoms with Gasteiger partial charge in [0.15, 0.2) is 11.5 Å². The van der Waals surface area contributed by atoms with E-state index in [-0.39, 0.29) is 0 Å². The molecule has 1 aromatic rings. The van der Waals surface area contributed by atoms with Crippen molar-refractivity contribution in [2.75, 3.05) is 26.8 Å². The number of ether oxygens (including phenoxy) is 2. The second-order valence-electron chi connectivity index (χ2n) is 5.87. The molecule has 2 rings (SSSR count). The van der Waals surface area contributed by atoms with Crippen LogP contribution in [0.1, 0.15) is 25.8 Å². The highest BCUT2D eigenvalue weighted by molar-refractivity contribution is 6.32. The summed E-state index contributed by atoms with van der Waals surface area (Å²) >= 11 is 6.27. The van der Waals surface area contributed by atoms with Gasteiger partial charge in [-0.3, -0.25) is 9.69 Å². The van der Waals surface area contributed by atoms with Gasteiger partial charge in [-0.25, -0.2) is 0 Å². The lowest BCUT2D eigenvalue weighted by molar-refractivity contribution is -0.147. The molecule has 0 spiro atoms. The molecule has 1 heterocycles. The molecule has 1 saturated heterocycles. The quantitative estimate of drug-likeness (QED) is 0.870. The molecule has 0 amide bonds. The summed E-state index contributed by atoms with van der Waals surface area (Å²) < 4.78 is 10.8. The molecular weight excluding hydrogens is 306 g/mol. The van der Waals surface area contributed by atoms with Gasteiger partial charge < -0.3 is 14.6 Å². The maximum absolute atomic E-state index is 11.3. The predicted molar refractivity (Wildman–Crippen MR) is 84.8 cm³/mol. The number of rotatable bonds is 6. The number of halogens is 1. The van der Waals surface area contributed by atoms with E-state index in [0.29, 0.717) is 42.6 Å². The normalized spacial score (nSPS) is 21.8. The van der Waals surface area contributed by atoms with Crippen LogP contribution in [0.2, 0.25) is 5.02 Å². The minimum atomic E-state index is -0.739. The summed E-state index contributed by atoms with van der Waals surface area (Å²) in [6, 6.07) is 3.75. The highest BCUT2D eigenvalue weighted by atomic mass is 35.5. The molecule has 1 fully saturated rings. The molecule has 5 nitrogen and oxygen atoms in total. The minimum Gasteiger partial charge on any atom is -0.493 e. The van der Waals surface area contributed by atoms with Crippen molar-refractivity contribution in [3.8, 4) is 11.5 Å². The molecular formula is C16H22ClNO4. The van der Waals surface area contributed by atoms with Crippen LogP contribution in [-0.2, 0) is 11.3 Å². The topological polar surface area (TPSA) is 59.0 Å². The van der Waals surface area contributed by atoms with Crippen LogP contribution in [0.5, 0.6) is 11.5 Å². The van der Waals surface area contributed by atoms with Gasteiger partial charge in [0.1, 0.15) is 0 Å². The molecule has 1 unspecified atom stereocenters. The van der Waals surface area contributed by atoms with Gasteiger partial charge in [-0.2, -0.15) is 0 Å². The highest BCUT2D eigenvalue weighted by Crippen LogP contribution is 2.38. The summed E-state index contributed by atoms with van der Waals surface area (Å²) in [5, 5.41) is 9.80. The molecule has 0 radical (unpaired) electrons. The Morgan fingerprint density at radius 1 is 1.50 bits per heavy atom. The number of carbonyl (C=O) groups is 1. The van der Waals surface area contributed by atoms with Gasteiger partial charge >= 0.3 is 5.97 Å². The molecule has 122 valence electrons. The van der Waals surface area contributed by atoms with Gasteiger partial charge in [-0.05, 0) is 44.5 Å². The smallest absolute Gasteiger partial charge is 0.310 e. The van der Waals surface area contributed by atoms with Crippen molar-refractivity contribution in [2.45, 2.75) is 26.8 Å². The van der Waals surface area contributed by atoms with Gasteiger partial charge in [-0.1, -0.05) is 11.6 Å². The van der Waals surface area contributed by atoms with E-state index >= 15 is 0 Å². The Bertz CT molecular complexity index is 563. The van der Waals surface area contributed by atoms with E-state index in [9.17, 15) is 9.90 Å². The number of likely N-dealkylation sites (tertiary alicyclic amines) is 1. The standard InChI is InChI=1S/C16H22ClNO4/c1-4-22-14-12(17)7-11(8-13(14)21-3)9-18-6-5-16(2,10-18)15(19)20/h7-8H,4-6,9-10H2,1-3H3,(H,19,20). The van der Waals surface area contributed by atoms with Crippen molar-refractivity contribution in [2.24, 2.45) is 5.41 Å². The molecule has 0 saturated carbocycles. The van der Waals surface area contributed by atoms with E-state index in [1.165, 1.54) is 0 Å². The van der Waals surface area contributed by atoms with Crippen LogP contribution >= 0.6 is 11.6 Å². The van der Waals surface area contributed by atoms with E-state index in [4.69, 9.17) is 21.1 Å². The maximum atomic E-state index is 11.3. The molecule has 0 bridgehead atoms. The van der Waals surface area contributed by atoms with Crippen LogP contribution < -0.4 is 9.47 Å². The van der Waals surface area contributed by atoms with Crippen molar-refractivity contribution >= 4 is 17.6 Å². The first-order chi connectivity index (χ1) is 10.4. The minimum absolute atomic E-state index is 0.511. The molecule has 1 aromatic carbocycles.